The summed E-state index contributed by atoms with van der Waals surface area (Å²) in [4.78, 5) is 1.57. The highest BCUT2D eigenvalue weighted by atomic mass is 16.3. The molecule has 1 heterocycles. The minimum atomic E-state index is -0.483. The van der Waals surface area contributed by atoms with Crippen molar-refractivity contribution in [2.75, 3.05) is 0 Å². The summed E-state index contributed by atoms with van der Waals surface area (Å²) in [6.45, 7) is 0. The zero-order chi connectivity index (χ0) is 12.4. The van der Waals surface area contributed by atoms with Crippen LogP contribution in [0, 0.1) is 5.92 Å². The molecule has 2 aromatic rings. The molecule has 4 heteroatoms. The molecule has 1 aliphatic carbocycles. The Morgan fingerprint density at radius 1 is 1.28 bits per heavy atom. The van der Waals surface area contributed by atoms with Gasteiger partial charge in [0, 0.05) is 0 Å². The van der Waals surface area contributed by atoms with Gasteiger partial charge in [-0.3, -0.25) is 0 Å². The van der Waals surface area contributed by atoms with Gasteiger partial charge in [-0.1, -0.05) is 31.0 Å². The lowest BCUT2D eigenvalue weighted by Gasteiger charge is -2.05. The first-order valence-corrected chi connectivity index (χ1v) is 6.48. The van der Waals surface area contributed by atoms with Crippen molar-refractivity contribution >= 4 is 0 Å². The summed E-state index contributed by atoms with van der Waals surface area (Å²) in [6, 6.07) is 9.74. The van der Waals surface area contributed by atoms with Crippen LogP contribution in [0.25, 0.3) is 5.69 Å². The molecular weight excluding hydrogens is 226 g/mol. The summed E-state index contributed by atoms with van der Waals surface area (Å²) >= 11 is 0. The lowest BCUT2D eigenvalue weighted by atomic mass is 10.1. The molecular formula is C14H17N3O. The number of hydrogen-bond acceptors (Lipinski definition) is 3. The molecule has 18 heavy (non-hydrogen) atoms. The topological polar surface area (TPSA) is 50.9 Å². The van der Waals surface area contributed by atoms with Gasteiger partial charge in [0.25, 0.3) is 0 Å². The van der Waals surface area contributed by atoms with Crippen LogP contribution in [0.15, 0.2) is 36.5 Å². The van der Waals surface area contributed by atoms with Gasteiger partial charge >= 0.3 is 0 Å². The molecule has 0 saturated heterocycles. The monoisotopic (exact) mass is 243 g/mol. The van der Waals surface area contributed by atoms with E-state index in [1.54, 1.807) is 11.0 Å². The zero-order valence-corrected chi connectivity index (χ0v) is 10.2. The SMILES string of the molecule is OC(CCC1CC1)c1cnn(-c2ccccc2)n1. The average Bonchev–Trinajstić information content (AvgIpc) is 3.11. The minimum absolute atomic E-state index is 0.483. The molecule has 0 amide bonds. The van der Waals surface area contributed by atoms with E-state index in [2.05, 4.69) is 10.2 Å². The van der Waals surface area contributed by atoms with Gasteiger partial charge in [0.1, 0.15) is 5.69 Å². The van der Waals surface area contributed by atoms with Crippen molar-refractivity contribution in [1.82, 2.24) is 15.0 Å². The zero-order valence-electron chi connectivity index (χ0n) is 10.2. The molecule has 1 aromatic carbocycles. The number of nitrogens with zero attached hydrogens (tertiary/aromatic N) is 3. The third kappa shape index (κ3) is 2.59. The van der Waals surface area contributed by atoms with Crippen molar-refractivity contribution in [3.8, 4) is 5.69 Å². The Kier molecular flexibility index (Phi) is 3.11. The molecule has 0 radical (unpaired) electrons. The maximum absolute atomic E-state index is 10.0. The molecule has 1 unspecified atom stereocenters. The summed E-state index contributed by atoms with van der Waals surface area (Å²) in [5, 5.41) is 18.6. The largest absolute Gasteiger partial charge is 0.387 e. The van der Waals surface area contributed by atoms with Crippen molar-refractivity contribution in [2.45, 2.75) is 31.8 Å². The molecule has 3 rings (SSSR count). The van der Waals surface area contributed by atoms with Crippen molar-refractivity contribution in [1.29, 1.82) is 0 Å². The number of aliphatic hydroxyl groups is 1. The molecule has 1 N–H and O–H groups in total. The second-order valence-corrected chi connectivity index (χ2v) is 4.93. The van der Waals surface area contributed by atoms with Crippen LogP contribution in [0.1, 0.15) is 37.5 Å². The molecule has 1 atom stereocenters. The van der Waals surface area contributed by atoms with Crippen LogP contribution in [0.4, 0.5) is 0 Å². The molecule has 1 saturated carbocycles. The van der Waals surface area contributed by atoms with E-state index < -0.39 is 6.10 Å². The van der Waals surface area contributed by atoms with E-state index in [1.165, 1.54) is 12.8 Å². The van der Waals surface area contributed by atoms with Crippen LogP contribution in [0.3, 0.4) is 0 Å². The molecule has 0 spiro atoms. The highest BCUT2D eigenvalue weighted by molar-refractivity contribution is 5.28. The lowest BCUT2D eigenvalue weighted by molar-refractivity contribution is 0.157. The van der Waals surface area contributed by atoms with Crippen LogP contribution >= 0.6 is 0 Å². The second-order valence-electron chi connectivity index (χ2n) is 4.93. The van der Waals surface area contributed by atoms with Gasteiger partial charge in [0.2, 0.25) is 0 Å². The van der Waals surface area contributed by atoms with Crippen LogP contribution in [-0.4, -0.2) is 20.1 Å². The molecule has 94 valence electrons. The molecule has 0 bridgehead atoms. The van der Waals surface area contributed by atoms with E-state index in [-0.39, 0.29) is 0 Å². The summed E-state index contributed by atoms with van der Waals surface area (Å²) in [6.07, 6.45) is 5.71. The number of benzene rings is 1. The van der Waals surface area contributed by atoms with E-state index in [4.69, 9.17) is 0 Å². The van der Waals surface area contributed by atoms with Crippen LogP contribution in [0.2, 0.25) is 0 Å². The van der Waals surface area contributed by atoms with E-state index in [0.717, 1.165) is 24.4 Å². The number of para-hydroxylation sites is 1. The van der Waals surface area contributed by atoms with Gasteiger partial charge < -0.3 is 5.11 Å². The number of rotatable bonds is 5. The molecule has 1 aliphatic rings. The second kappa shape index (κ2) is 4.90. The predicted molar refractivity (Wildman–Crippen MR) is 68.3 cm³/mol. The quantitative estimate of drug-likeness (QED) is 0.877. The summed E-state index contributed by atoms with van der Waals surface area (Å²) < 4.78 is 0. The third-order valence-corrected chi connectivity index (χ3v) is 3.38. The summed E-state index contributed by atoms with van der Waals surface area (Å²) in [5.74, 6) is 0.837. The van der Waals surface area contributed by atoms with E-state index in [1.807, 2.05) is 30.3 Å². The molecule has 4 nitrogen and oxygen atoms in total. The standard InChI is InChI=1S/C14H17N3O/c18-14(9-8-11-6-7-11)13-10-15-17(16-13)12-4-2-1-3-5-12/h1-5,10-11,14,18H,6-9H2. The number of hydrogen-bond donors (Lipinski definition) is 1. The lowest BCUT2D eigenvalue weighted by Crippen LogP contribution is -2.02. The first-order chi connectivity index (χ1) is 8.83. The minimum Gasteiger partial charge on any atom is -0.387 e. The predicted octanol–water partition coefficient (Wildman–Crippen LogP) is 2.49. The van der Waals surface area contributed by atoms with E-state index >= 15 is 0 Å². The van der Waals surface area contributed by atoms with Crippen molar-refractivity contribution in [3.05, 3.63) is 42.2 Å². The molecule has 1 aromatic heterocycles. The van der Waals surface area contributed by atoms with Crippen molar-refractivity contribution in [3.63, 3.8) is 0 Å². The Morgan fingerprint density at radius 3 is 2.78 bits per heavy atom. The fourth-order valence-corrected chi connectivity index (χ4v) is 2.06. The van der Waals surface area contributed by atoms with Crippen molar-refractivity contribution < 1.29 is 5.11 Å². The van der Waals surface area contributed by atoms with Gasteiger partial charge in [-0.05, 0) is 30.9 Å². The first kappa shape index (κ1) is 11.4. The highest BCUT2D eigenvalue weighted by Crippen LogP contribution is 2.35. The molecule has 1 fully saturated rings. The summed E-state index contributed by atoms with van der Waals surface area (Å²) in [5.41, 5.74) is 1.58. The highest BCUT2D eigenvalue weighted by Gasteiger charge is 2.23. The first-order valence-electron chi connectivity index (χ1n) is 6.48. The Labute approximate surface area is 106 Å². The van der Waals surface area contributed by atoms with E-state index in [9.17, 15) is 5.11 Å². The normalized spacial score (nSPS) is 16.7. The Morgan fingerprint density at radius 2 is 2.06 bits per heavy atom. The fraction of sp³-hybridized carbons (Fsp3) is 0.429. The number of aromatic nitrogens is 3. The van der Waals surface area contributed by atoms with Crippen molar-refractivity contribution in [2.24, 2.45) is 5.92 Å². The van der Waals surface area contributed by atoms with Gasteiger partial charge in [0.15, 0.2) is 0 Å². The maximum Gasteiger partial charge on any atom is 0.112 e. The smallest absolute Gasteiger partial charge is 0.112 e. The summed E-state index contributed by atoms with van der Waals surface area (Å²) in [7, 11) is 0. The average molecular weight is 243 g/mol. The van der Waals surface area contributed by atoms with Gasteiger partial charge in [-0.2, -0.15) is 15.0 Å². The number of aliphatic hydroxyl groups excluding tert-OH is 1. The fourth-order valence-electron chi connectivity index (χ4n) is 2.06. The van der Waals surface area contributed by atoms with Gasteiger partial charge in [0.05, 0.1) is 18.0 Å². The van der Waals surface area contributed by atoms with Gasteiger partial charge in [-0.25, -0.2) is 0 Å². The Bertz CT molecular complexity index is 505. The van der Waals surface area contributed by atoms with Crippen LogP contribution in [0.5, 0.6) is 0 Å². The Hall–Kier alpha value is -1.68. The van der Waals surface area contributed by atoms with Gasteiger partial charge in [-0.15, -0.1) is 0 Å². The molecule has 0 aliphatic heterocycles. The third-order valence-electron chi connectivity index (χ3n) is 3.38. The van der Waals surface area contributed by atoms with Crippen LogP contribution < -0.4 is 0 Å². The van der Waals surface area contributed by atoms with Crippen LogP contribution in [-0.2, 0) is 0 Å². The van der Waals surface area contributed by atoms with E-state index in [0.29, 0.717) is 5.69 Å². The maximum atomic E-state index is 10.0. The Balaban J connectivity index is 1.68.